The van der Waals surface area contributed by atoms with E-state index in [0.717, 1.165) is 32.7 Å². The van der Waals surface area contributed by atoms with E-state index in [1.165, 1.54) is 11.3 Å². The van der Waals surface area contributed by atoms with Gasteiger partial charge in [-0.3, -0.25) is 14.5 Å². The topological polar surface area (TPSA) is 55.9 Å². The molecule has 1 aromatic rings. The number of benzene rings is 1. The van der Waals surface area contributed by atoms with Gasteiger partial charge < -0.3 is 15.1 Å². The lowest BCUT2D eigenvalue weighted by Crippen LogP contribution is -2.48. The molecule has 1 aromatic carbocycles. The molecular weight excluding hydrogens is 328 g/mol. The van der Waals surface area contributed by atoms with Crippen molar-refractivity contribution >= 4 is 17.5 Å². The van der Waals surface area contributed by atoms with E-state index in [2.05, 4.69) is 46.3 Å². The maximum absolute atomic E-state index is 12.6. The van der Waals surface area contributed by atoms with Gasteiger partial charge in [-0.1, -0.05) is 12.1 Å². The van der Waals surface area contributed by atoms with Crippen LogP contribution in [0.3, 0.4) is 0 Å². The number of amides is 2. The molecule has 0 saturated carbocycles. The van der Waals surface area contributed by atoms with Crippen molar-refractivity contribution in [1.29, 1.82) is 0 Å². The number of hydrogen-bond acceptors (Lipinski definition) is 4. The Morgan fingerprint density at radius 3 is 2.69 bits per heavy atom. The van der Waals surface area contributed by atoms with Crippen molar-refractivity contribution in [3.63, 3.8) is 0 Å². The summed E-state index contributed by atoms with van der Waals surface area (Å²) in [5.41, 5.74) is 2.58. The molecule has 0 aliphatic carbocycles. The van der Waals surface area contributed by atoms with Crippen molar-refractivity contribution in [2.24, 2.45) is 0 Å². The van der Waals surface area contributed by atoms with Crippen molar-refractivity contribution in [3.05, 3.63) is 29.8 Å². The lowest BCUT2D eigenvalue weighted by atomic mass is 10.2. The summed E-state index contributed by atoms with van der Waals surface area (Å²) in [6, 6.07) is 8.71. The first-order valence-corrected chi connectivity index (χ1v) is 9.63. The number of nitrogens with one attached hydrogen (secondary N) is 1. The summed E-state index contributed by atoms with van der Waals surface area (Å²) in [4.78, 5) is 30.7. The van der Waals surface area contributed by atoms with Gasteiger partial charge in [-0.05, 0) is 31.5 Å². The summed E-state index contributed by atoms with van der Waals surface area (Å²) in [6.45, 7) is 9.97. The van der Waals surface area contributed by atoms with E-state index in [9.17, 15) is 9.59 Å². The van der Waals surface area contributed by atoms with Crippen LogP contribution in [0.25, 0.3) is 0 Å². The highest BCUT2D eigenvalue weighted by Gasteiger charge is 2.25. The first kappa shape index (κ1) is 18.7. The molecule has 2 fully saturated rings. The van der Waals surface area contributed by atoms with Crippen LogP contribution in [0.1, 0.15) is 25.3 Å². The number of aryl methyl sites for hydroxylation is 1. The smallest absolute Gasteiger partial charge is 0.224 e. The Morgan fingerprint density at radius 1 is 1.19 bits per heavy atom. The maximum atomic E-state index is 12.6. The molecular formula is C20H30N4O2. The molecule has 142 valence electrons. The van der Waals surface area contributed by atoms with Gasteiger partial charge in [-0.15, -0.1) is 0 Å². The number of nitrogens with zero attached hydrogens (tertiary/aromatic N) is 3. The van der Waals surface area contributed by atoms with E-state index in [1.807, 2.05) is 11.8 Å². The normalized spacial score (nSPS) is 22.1. The molecule has 0 radical (unpaired) electrons. The van der Waals surface area contributed by atoms with Gasteiger partial charge in [0.05, 0.1) is 0 Å². The predicted octanol–water partition coefficient (Wildman–Crippen LogP) is 1.24. The second kappa shape index (κ2) is 8.54. The van der Waals surface area contributed by atoms with Crippen LogP contribution >= 0.6 is 0 Å². The van der Waals surface area contributed by atoms with Crippen molar-refractivity contribution in [2.75, 3.05) is 50.7 Å². The zero-order valence-corrected chi connectivity index (χ0v) is 15.9. The molecule has 0 bridgehead atoms. The Labute approximate surface area is 156 Å². The molecule has 2 aliphatic rings. The van der Waals surface area contributed by atoms with E-state index >= 15 is 0 Å². The highest BCUT2D eigenvalue weighted by atomic mass is 16.2. The molecule has 2 aliphatic heterocycles. The van der Waals surface area contributed by atoms with Crippen LogP contribution in [-0.2, 0) is 9.59 Å². The number of rotatable bonds is 4. The van der Waals surface area contributed by atoms with E-state index in [1.54, 1.807) is 0 Å². The predicted molar refractivity (Wildman–Crippen MR) is 103 cm³/mol. The molecule has 2 heterocycles. The van der Waals surface area contributed by atoms with Gasteiger partial charge in [0.1, 0.15) is 0 Å². The highest BCUT2D eigenvalue weighted by Crippen LogP contribution is 2.18. The van der Waals surface area contributed by atoms with Crippen LogP contribution in [0, 0.1) is 6.92 Å². The summed E-state index contributed by atoms with van der Waals surface area (Å²) >= 11 is 0. The van der Waals surface area contributed by atoms with E-state index in [4.69, 9.17) is 0 Å². The molecule has 26 heavy (non-hydrogen) atoms. The van der Waals surface area contributed by atoms with Crippen LogP contribution in [0.5, 0.6) is 0 Å². The SMILES string of the molecule is Cc1cccc(N2CCN(CCC(=O)N3CCC(=O)NCC3C)CC2)c1. The summed E-state index contributed by atoms with van der Waals surface area (Å²) in [7, 11) is 0. The van der Waals surface area contributed by atoms with E-state index in [-0.39, 0.29) is 17.9 Å². The Bertz CT molecular complexity index is 640. The van der Waals surface area contributed by atoms with Crippen LogP contribution < -0.4 is 10.2 Å². The number of piperazine rings is 1. The minimum atomic E-state index is 0.0411. The lowest BCUT2D eigenvalue weighted by Gasteiger charge is -2.36. The van der Waals surface area contributed by atoms with Crippen molar-refractivity contribution in [2.45, 2.75) is 32.7 Å². The molecule has 6 heteroatoms. The quantitative estimate of drug-likeness (QED) is 0.880. The van der Waals surface area contributed by atoms with Gasteiger partial charge in [-0.2, -0.15) is 0 Å². The molecule has 0 aromatic heterocycles. The maximum Gasteiger partial charge on any atom is 0.224 e. The van der Waals surface area contributed by atoms with Crippen molar-refractivity contribution in [3.8, 4) is 0 Å². The zero-order chi connectivity index (χ0) is 18.5. The van der Waals surface area contributed by atoms with Gasteiger partial charge in [-0.25, -0.2) is 0 Å². The number of hydrogen-bond donors (Lipinski definition) is 1. The largest absolute Gasteiger partial charge is 0.369 e. The number of anilines is 1. The van der Waals surface area contributed by atoms with E-state index < -0.39 is 0 Å². The lowest BCUT2D eigenvalue weighted by molar-refractivity contribution is -0.133. The van der Waals surface area contributed by atoms with E-state index in [0.29, 0.717) is 25.9 Å². The number of carbonyl (C=O) groups excluding carboxylic acids is 2. The molecule has 2 saturated heterocycles. The van der Waals surface area contributed by atoms with Crippen LogP contribution in [0.2, 0.25) is 0 Å². The van der Waals surface area contributed by atoms with Crippen molar-refractivity contribution in [1.82, 2.24) is 15.1 Å². The minimum Gasteiger partial charge on any atom is -0.369 e. The van der Waals surface area contributed by atoms with Gasteiger partial charge in [0, 0.05) is 70.4 Å². The average Bonchev–Trinajstić information content (AvgIpc) is 2.81. The van der Waals surface area contributed by atoms with Gasteiger partial charge in [0.25, 0.3) is 0 Å². The zero-order valence-electron chi connectivity index (χ0n) is 15.9. The summed E-state index contributed by atoms with van der Waals surface area (Å²) in [5.74, 6) is 0.203. The highest BCUT2D eigenvalue weighted by molar-refractivity contribution is 5.80. The number of carbonyl (C=O) groups is 2. The Kier molecular flexibility index (Phi) is 6.14. The minimum absolute atomic E-state index is 0.0411. The first-order chi connectivity index (χ1) is 12.5. The molecule has 1 unspecified atom stereocenters. The van der Waals surface area contributed by atoms with Gasteiger partial charge >= 0.3 is 0 Å². The van der Waals surface area contributed by atoms with Gasteiger partial charge in [0.15, 0.2) is 0 Å². The monoisotopic (exact) mass is 358 g/mol. The molecule has 3 rings (SSSR count). The Balaban J connectivity index is 1.44. The molecule has 0 spiro atoms. The second-order valence-electron chi connectivity index (χ2n) is 7.41. The van der Waals surface area contributed by atoms with Crippen LogP contribution in [0.4, 0.5) is 5.69 Å². The fourth-order valence-corrected chi connectivity index (χ4v) is 3.72. The third-order valence-electron chi connectivity index (χ3n) is 5.41. The third-order valence-corrected chi connectivity index (χ3v) is 5.41. The Hall–Kier alpha value is -2.08. The summed E-state index contributed by atoms with van der Waals surface area (Å²) in [6.07, 6.45) is 0.939. The fraction of sp³-hybridized carbons (Fsp3) is 0.600. The molecule has 2 amide bonds. The van der Waals surface area contributed by atoms with Crippen LogP contribution in [-0.4, -0.2) is 73.5 Å². The summed E-state index contributed by atoms with van der Waals surface area (Å²) < 4.78 is 0. The van der Waals surface area contributed by atoms with Crippen LogP contribution in [0.15, 0.2) is 24.3 Å². The Morgan fingerprint density at radius 2 is 1.96 bits per heavy atom. The second-order valence-corrected chi connectivity index (χ2v) is 7.41. The molecule has 6 nitrogen and oxygen atoms in total. The first-order valence-electron chi connectivity index (χ1n) is 9.63. The van der Waals surface area contributed by atoms with Gasteiger partial charge in [0.2, 0.25) is 11.8 Å². The van der Waals surface area contributed by atoms with Crippen molar-refractivity contribution < 1.29 is 9.59 Å². The summed E-state index contributed by atoms with van der Waals surface area (Å²) in [5, 5.41) is 2.86. The fourth-order valence-electron chi connectivity index (χ4n) is 3.72. The molecule has 1 atom stereocenters. The third kappa shape index (κ3) is 4.75. The average molecular weight is 358 g/mol. The molecule has 1 N–H and O–H groups in total. The standard InChI is InChI=1S/C20H30N4O2/c1-16-4-3-5-18(14-16)23-12-10-22(11-13-23)8-7-20(26)24-9-6-19(25)21-15-17(24)2/h3-5,14,17H,6-13,15H2,1-2H3,(H,21,25).